The van der Waals surface area contributed by atoms with Gasteiger partial charge in [-0.25, -0.2) is 9.78 Å². The molecule has 1 aliphatic heterocycles. The molecule has 7 heteroatoms. The van der Waals surface area contributed by atoms with Crippen molar-refractivity contribution in [1.29, 1.82) is 0 Å². The van der Waals surface area contributed by atoms with E-state index in [1.165, 1.54) is 11.8 Å². The molecule has 0 spiro atoms. The van der Waals surface area contributed by atoms with Gasteiger partial charge in [0.15, 0.2) is 6.04 Å². The van der Waals surface area contributed by atoms with Crippen molar-refractivity contribution < 1.29 is 14.6 Å². The Hall–Kier alpha value is -1.96. The summed E-state index contributed by atoms with van der Waals surface area (Å²) >= 11 is 3.05. The number of carboxylic acid groups (broad SMARTS) is 1. The van der Waals surface area contributed by atoms with Crippen LogP contribution in [0.5, 0.6) is 0 Å². The molecule has 2 aliphatic rings. The highest BCUT2D eigenvalue weighted by molar-refractivity contribution is 8.15. The van der Waals surface area contributed by atoms with E-state index >= 15 is 0 Å². The predicted molar refractivity (Wildman–Crippen MR) is 100 cm³/mol. The number of rotatable bonds is 5. The first-order chi connectivity index (χ1) is 12.2. The predicted octanol–water partition coefficient (Wildman–Crippen LogP) is 3.24. The largest absolute Gasteiger partial charge is 0.480 e. The zero-order chi connectivity index (χ0) is 17.2. The molecule has 0 radical (unpaired) electrons. The molecule has 1 N–H and O–H groups in total. The number of benzene rings is 1. The number of carbonyl (C=O) groups is 1. The first kappa shape index (κ1) is 16.5. The Bertz CT molecular complexity index is 845. The Morgan fingerprint density at radius 3 is 2.92 bits per heavy atom. The van der Waals surface area contributed by atoms with Crippen LogP contribution in [-0.2, 0) is 22.6 Å². The van der Waals surface area contributed by atoms with Crippen LogP contribution in [-0.4, -0.2) is 39.0 Å². The molecular formula is C18H16N2O3S2. The van der Waals surface area contributed by atoms with Gasteiger partial charge in [-0.05, 0) is 11.6 Å². The SMILES string of the molecule is O=C(O)C1CSC(c2nc3c(s2)CC(OCc2ccccc2)C=C3)=N1. The number of hydrogen-bond donors (Lipinski definition) is 1. The molecule has 1 aromatic heterocycles. The van der Waals surface area contributed by atoms with Crippen molar-refractivity contribution in [2.24, 2.45) is 4.99 Å². The van der Waals surface area contributed by atoms with Crippen molar-refractivity contribution in [3.63, 3.8) is 0 Å². The van der Waals surface area contributed by atoms with Gasteiger partial charge in [0.25, 0.3) is 0 Å². The molecular weight excluding hydrogens is 356 g/mol. The number of hydrogen-bond acceptors (Lipinski definition) is 6. The smallest absolute Gasteiger partial charge is 0.329 e. The van der Waals surface area contributed by atoms with Crippen molar-refractivity contribution in [2.45, 2.75) is 25.2 Å². The number of aromatic nitrogens is 1. The molecule has 25 heavy (non-hydrogen) atoms. The number of ether oxygens (including phenoxy) is 1. The molecule has 2 aromatic rings. The minimum Gasteiger partial charge on any atom is -0.480 e. The highest BCUT2D eigenvalue weighted by Gasteiger charge is 2.28. The van der Waals surface area contributed by atoms with Gasteiger partial charge in [0.05, 0.1) is 18.4 Å². The molecule has 128 valence electrons. The average Bonchev–Trinajstić information content (AvgIpc) is 3.27. The summed E-state index contributed by atoms with van der Waals surface area (Å²) < 4.78 is 5.99. The Balaban J connectivity index is 1.43. The fourth-order valence-electron chi connectivity index (χ4n) is 2.69. The molecule has 0 saturated carbocycles. The third-order valence-corrected chi connectivity index (χ3v) is 6.29. The average molecular weight is 372 g/mol. The molecule has 0 amide bonds. The maximum atomic E-state index is 11.0. The first-order valence-corrected chi connectivity index (χ1v) is 9.76. The molecule has 4 rings (SSSR count). The zero-order valence-electron chi connectivity index (χ0n) is 13.3. The number of aliphatic carboxylic acids is 1. The summed E-state index contributed by atoms with van der Waals surface area (Å²) in [5, 5.41) is 10.6. The van der Waals surface area contributed by atoms with Gasteiger partial charge in [-0.3, -0.25) is 4.99 Å². The quantitative estimate of drug-likeness (QED) is 0.872. The van der Waals surface area contributed by atoms with E-state index in [1.807, 2.05) is 30.4 Å². The summed E-state index contributed by atoms with van der Waals surface area (Å²) in [4.78, 5) is 21.1. The van der Waals surface area contributed by atoms with Gasteiger partial charge in [0.1, 0.15) is 10.1 Å². The molecule has 1 aromatic carbocycles. The summed E-state index contributed by atoms with van der Waals surface area (Å²) in [6.45, 7) is 0.583. The summed E-state index contributed by atoms with van der Waals surface area (Å²) in [7, 11) is 0. The van der Waals surface area contributed by atoms with E-state index in [-0.39, 0.29) is 6.10 Å². The third-order valence-electron chi connectivity index (χ3n) is 4.01. The fourth-order valence-corrected chi connectivity index (χ4v) is 4.88. The standard InChI is InChI=1S/C18H16N2O3S2/c21-18(22)14-10-24-16(20-14)17-19-13-7-6-12(8-15(13)25-17)23-9-11-4-2-1-3-5-11/h1-7,12,14H,8-10H2,(H,21,22). The molecule has 0 fully saturated rings. The zero-order valence-corrected chi connectivity index (χ0v) is 14.9. The van der Waals surface area contributed by atoms with Gasteiger partial charge in [0, 0.05) is 17.1 Å². The van der Waals surface area contributed by atoms with Crippen LogP contribution in [0.1, 0.15) is 21.1 Å². The number of carboxylic acids is 1. The fraction of sp³-hybridized carbons (Fsp3) is 0.278. The van der Waals surface area contributed by atoms with Crippen molar-refractivity contribution in [2.75, 3.05) is 5.75 Å². The molecule has 1 aliphatic carbocycles. The van der Waals surface area contributed by atoms with Crippen LogP contribution in [0.4, 0.5) is 0 Å². The van der Waals surface area contributed by atoms with Gasteiger partial charge in [-0.2, -0.15) is 0 Å². The van der Waals surface area contributed by atoms with Crippen molar-refractivity contribution >= 4 is 40.2 Å². The second kappa shape index (κ2) is 7.11. The second-order valence-corrected chi connectivity index (χ2v) is 7.92. The highest BCUT2D eigenvalue weighted by atomic mass is 32.2. The maximum Gasteiger partial charge on any atom is 0.329 e. The lowest BCUT2D eigenvalue weighted by atomic mass is 10.1. The Kier molecular flexibility index (Phi) is 4.70. The van der Waals surface area contributed by atoms with Crippen LogP contribution in [0.15, 0.2) is 41.4 Å². The van der Waals surface area contributed by atoms with Crippen LogP contribution in [0.3, 0.4) is 0 Å². The second-order valence-electron chi connectivity index (χ2n) is 5.83. The van der Waals surface area contributed by atoms with Crippen molar-refractivity contribution in [1.82, 2.24) is 4.98 Å². The van der Waals surface area contributed by atoms with Crippen molar-refractivity contribution in [3.05, 3.63) is 57.6 Å². The van der Waals surface area contributed by atoms with E-state index in [2.05, 4.69) is 22.1 Å². The highest BCUT2D eigenvalue weighted by Crippen LogP contribution is 2.32. The summed E-state index contributed by atoms with van der Waals surface area (Å²) in [5.41, 5.74) is 2.10. The lowest BCUT2D eigenvalue weighted by molar-refractivity contribution is -0.137. The van der Waals surface area contributed by atoms with Crippen LogP contribution in [0, 0.1) is 0 Å². The van der Waals surface area contributed by atoms with E-state index in [0.29, 0.717) is 12.4 Å². The molecule has 5 nitrogen and oxygen atoms in total. The van der Waals surface area contributed by atoms with E-state index in [9.17, 15) is 4.79 Å². The van der Waals surface area contributed by atoms with Gasteiger partial charge >= 0.3 is 5.97 Å². The normalized spacial score (nSPS) is 21.8. The van der Waals surface area contributed by atoms with Gasteiger partial charge in [0.2, 0.25) is 0 Å². The minimum atomic E-state index is -0.877. The van der Waals surface area contributed by atoms with Gasteiger partial charge < -0.3 is 9.84 Å². The number of thioether (sulfide) groups is 1. The molecule has 0 saturated heterocycles. The Morgan fingerprint density at radius 1 is 1.32 bits per heavy atom. The third kappa shape index (κ3) is 3.68. The number of nitrogens with zero attached hydrogens (tertiary/aromatic N) is 2. The van der Waals surface area contributed by atoms with Gasteiger partial charge in [-0.1, -0.05) is 36.4 Å². The maximum absolute atomic E-state index is 11.0. The molecule has 2 heterocycles. The Morgan fingerprint density at radius 2 is 2.16 bits per heavy atom. The van der Waals surface area contributed by atoms with Crippen LogP contribution in [0.25, 0.3) is 6.08 Å². The lowest BCUT2D eigenvalue weighted by Crippen LogP contribution is -2.17. The summed E-state index contributed by atoms with van der Waals surface area (Å²) in [6.07, 6.45) is 4.85. The Labute approximate surface area is 153 Å². The van der Waals surface area contributed by atoms with Crippen LogP contribution >= 0.6 is 23.1 Å². The molecule has 0 bridgehead atoms. The monoisotopic (exact) mass is 372 g/mol. The molecule has 2 atom stereocenters. The van der Waals surface area contributed by atoms with Crippen LogP contribution in [0.2, 0.25) is 0 Å². The van der Waals surface area contributed by atoms with Crippen molar-refractivity contribution in [3.8, 4) is 0 Å². The van der Waals surface area contributed by atoms with E-state index in [1.54, 1.807) is 11.3 Å². The number of fused-ring (bicyclic) bond motifs is 1. The number of thiazole rings is 1. The topological polar surface area (TPSA) is 71.8 Å². The van der Waals surface area contributed by atoms with E-state index < -0.39 is 12.0 Å². The van der Waals surface area contributed by atoms with E-state index in [0.717, 1.165) is 32.6 Å². The summed E-state index contributed by atoms with van der Waals surface area (Å²) in [5.74, 6) is -0.397. The van der Waals surface area contributed by atoms with Gasteiger partial charge in [-0.15, -0.1) is 23.1 Å². The minimum absolute atomic E-state index is 0.0333. The molecule has 2 unspecified atom stereocenters. The van der Waals surface area contributed by atoms with E-state index in [4.69, 9.17) is 9.84 Å². The first-order valence-electron chi connectivity index (χ1n) is 7.96. The summed E-state index contributed by atoms with van der Waals surface area (Å²) in [6, 6.07) is 9.46. The number of aliphatic imine (C=N–C) groups is 1. The van der Waals surface area contributed by atoms with Crippen LogP contribution < -0.4 is 0 Å². The lowest BCUT2D eigenvalue weighted by Gasteiger charge is -2.16.